The van der Waals surface area contributed by atoms with Crippen molar-refractivity contribution in [2.45, 2.75) is 19.4 Å². The molecule has 0 bridgehead atoms. The van der Waals surface area contributed by atoms with E-state index in [1.165, 1.54) is 0 Å². The molecule has 0 atom stereocenters. The highest BCUT2D eigenvalue weighted by Gasteiger charge is 2.20. The largest absolute Gasteiger partial charge is 0.398 e. The number of nitrogens with two attached hydrogens (primary N) is 1. The molecule has 3 nitrogen and oxygen atoms in total. The number of hydrogen-bond donors (Lipinski definition) is 2. The number of anilines is 1. The monoisotopic (exact) mass is 280 g/mol. The first-order chi connectivity index (χ1) is 7.37. The molecule has 0 unspecified atom stereocenters. The standard InChI is InChI=1S/C12H13BrN2O/c1-4-12(2,3)15-11(16)8-6-5-7-9(14)10(8)13/h1,5-7H,14H2,2-3H3,(H,15,16). The summed E-state index contributed by atoms with van der Waals surface area (Å²) in [5.41, 5.74) is 6.00. The van der Waals surface area contributed by atoms with E-state index < -0.39 is 5.54 Å². The van der Waals surface area contributed by atoms with Gasteiger partial charge in [0.2, 0.25) is 0 Å². The Morgan fingerprint density at radius 3 is 2.75 bits per heavy atom. The third-order valence-corrected chi connectivity index (χ3v) is 2.95. The van der Waals surface area contributed by atoms with Crippen LogP contribution < -0.4 is 11.1 Å². The lowest BCUT2D eigenvalue weighted by molar-refractivity contribution is 0.0929. The van der Waals surface area contributed by atoms with Crippen LogP contribution in [0.5, 0.6) is 0 Å². The third kappa shape index (κ3) is 2.77. The number of nitrogen functional groups attached to an aromatic ring is 1. The summed E-state index contributed by atoms with van der Waals surface area (Å²) in [5, 5.41) is 2.73. The molecular formula is C12H13BrN2O. The second-order valence-electron chi connectivity index (χ2n) is 3.93. The van der Waals surface area contributed by atoms with Crippen molar-refractivity contribution in [1.29, 1.82) is 0 Å². The Morgan fingerprint density at radius 2 is 2.19 bits per heavy atom. The lowest BCUT2D eigenvalue weighted by Crippen LogP contribution is -2.42. The number of hydrogen-bond acceptors (Lipinski definition) is 2. The number of carbonyl (C=O) groups excluding carboxylic acids is 1. The zero-order chi connectivity index (χ0) is 12.3. The first-order valence-electron chi connectivity index (χ1n) is 4.71. The van der Waals surface area contributed by atoms with Gasteiger partial charge in [0, 0.05) is 5.69 Å². The van der Waals surface area contributed by atoms with Crippen LogP contribution in [-0.4, -0.2) is 11.4 Å². The molecule has 0 saturated carbocycles. The van der Waals surface area contributed by atoms with Crippen LogP contribution in [0.2, 0.25) is 0 Å². The van der Waals surface area contributed by atoms with Gasteiger partial charge in [-0.15, -0.1) is 6.42 Å². The molecule has 16 heavy (non-hydrogen) atoms. The molecule has 1 rings (SSSR count). The number of halogens is 1. The Bertz CT molecular complexity index is 461. The second-order valence-corrected chi connectivity index (χ2v) is 4.73. The molecule has 1 aromatic carbocycles. The Balaban J connectivity index is 2.99. The van der Waals surface area contributed by atoms with Crippen molar-refractivity contribution in [3.8, 4) is 12.3 Å². The van der Waals surface area contributed by atoms with Crippen molar-refractivity contribution in [1.82, 2.24) is 5.32 Å². The van der Waals surface area contributed by atoms with Gasteiger partial charge < -0.3 is 11.1 Å². The maximum Gasteiger partial charge on any atom is 0.253 e. The van der Waals surface area contributed by atoms with Crippen LogP contribution in [0.1, 0.15) is 24.2 Å². The Labute approximate surface area is 104 Å². The molecule has 0 aliphatic heterocycles. The Hall–Kier alpha value is -1.47. The molecule has 0 aliphatic rings. The third-order valence-electron chi connectivity index (χ3n) is 2.06. The molecule has 3 N–H and O–H groups in total. The van der Waals surface area contributed by atoms with Crippen LogP contribution in [0.3, 0.4) is 0 Å². The van der Waals surface area contributed by atoms with E-state index in [-0.39, 0.29) is 5.91 Å². The van der Waals surface area contributed by atoms with E-state index in [2.05, 4.69) is 27.2 Å². The van der Waals surface area contributed by atoms with Gasteiger partial charge in [0.15, 0.2) is 0 Å². The van der Waals surface area contributed by atoms with Gasteiger partial charge in [-0.1, -0.05) is 12.0 Å². The highest BCUT2D eigenvalue weighted by atomic mass is 79.9. The van der Waals surface area contributed by atoms with Crippen LogP contribution in [-0.2, 0) is 0 Å². The summed E-state index contributed by atoms with van der Waals surface area (Å²) in [6, 6.07) is 5.12. The van der Waals surface area contributed by atoms with E-state index in [1.54, 1.807) is 32.0 Å². The molecule has 0 saturated heterocycles. The van der Waals surface area contributed by atoms with Gasteiger partial charge in [-0.25, -0.2) is 0 Å². The number of rotatable bonds is 2. The SMILES string of the molecule is C#CC(C)(C)NC(=O)c1cccc(N)c1Br. The number of amides is 1. The summed E-state index contributed by atoms with van der Waals surface area (Å²) in [4.78, 5) is 11.9. The van der Waals surface area contributed by atoms with E-state index in [4.69, 9.17) is 12.2 Å². The number of nitrogens with one attached hydrogen (secondary N) is 1. The van der Waals surface area contributed by atoms with Gasteiger partial charge in [0.05, 0.1) is 15.6 Å². The van der Waals surface area contributed by atoms with Gasteiger partial charge in [0.1, 0.15) is 0 Å². The molecule has 1 aromatic rings. The Kier molecular flexibility index (Phi) is 3.61. The molecule has 4 heteroatoms. The summed E-state index contributed by atoms with van der Waals surface area (Å²) in [6.45, 7) is 3.51. The number of carbonyl (C=O) groups is 1. The van der Waals surface area contributed by atoms with Crippen LogP contribution >= 0.6 is 15.9 Å². The van der Waals surface area contributed by atoms with E-state index in [0.717, 1.165) is 0 Å². The van der Waals surface area contributed by atoms with Crippen LogP contribution in [0, 0.1) is 12.3 Å². The zero-order valence-electron chi connectivity index (χ0n) is 9.17. The van der Waals surface area contributed by atoms with Crippen molar-refractivity contribution in [3.05, 3.63) is 28.2 Å². The predicted octanol–water partition coefficient (Wildman–Crippen LogP) is 2.17. The quantitative estimate of drug-likeness (QED) is 0.645. The molecule has 0 aromatic heterocycles. The normalized spacial score (nSPS) is 10.6. The number of benzene rings is 1. The van der Waals surface area contributed by atoms with Crippen LogP contribution in [0.25, 0.3) is 0 Å². The minimum Gasteiger partial charge on any atom is -0.398 e. The van der Waals surface area contributed by atoms with Gasteiger partial charge in [0.25, 0.3) is 5.91 Å². The summed E-state index contributed by atoms with van der Waals surface area (Å²) < 4.78 is 0.584. The summed E-state index contributed by atoms with van der Waals surface area (Å²) in [7, 11) is 0. The van der Waals surface area contributed by atoms with Crippen LogP contribution in [0.15, 0.2) is 22.7 Å². The van der Waals surface area contributed by atoms with Crippen molar-refractivity contribution in [2.75, 3.05) is 5.73 Å². The smallest absolute Gasteiger partial charge is 0.253 e. The summed E-state index contributed by atoms with van der Waals surface area (Å²) >= 11 is 3.27. The molecule has 0 spiro atoms. The zero-order valence-corrected chi connectivity index (χ0v) is 10.8. The van der Waals surface area contributed by atoms with E-state index >= 15 is 0 Å². The Morgan fingerprint density at radius 1 is 1.56 bits per heavy atom. The minimum absolute atomic E-state index is 0.248. The van der Waals surface area contributed by atoms with Crippen molar-refractivity contribution < 1.29 is 4.79 Å². The first kappa shape index (κ1) is 12.6. The van der Waals surface area contributed by atoms with Gasteiger partial charge in [-0.05, 0) is 41.9 Å². The predicted molar refractivity (Wildman–Crippen MR) is 68.9 cm³/mol. The van der Waals surface area contributed by atoms with Crippen molar-refractivity contribution in [2.24, 2.45) is 0 Å². The van der Waals surface area contributed by atoms with E-state index in [9.17, 15) is 4.79 Å². The lowest BCUT2D eigenvalue weighted by atomic mass is 10.1. The van der Waals surface area contributed by atoms with Crippen LogP contribution in [0.4, 0.5) is 5.69 Å². The van der Waals surface area contributed by atoms with Gasteiger partial charge in [-0.3, -0.25) is 4.79 Å². The maximum absolute atomic E-state index is 11.9. The van der Waals surface area contributed by atoms with Crippen molar-refractivity contribution >= 4 is 27.5 Å². The first-order valence-corrected chi connectivity index (χ1v) is 5.51. The number of terminal acetylenes is 1. The average molecular weight is 281 g/mol. The fraction of sp³-hybridized carbons (Fsp3) is 0.250. The summed E-state index contributed by atoms with van der Waals surface area (Å²) in [6.07, 6.45) is 5.30. The van der Waals surface area contributed by atoms with Gasteiger partial charge >= 0.3 is 0 Å². The lowest BCUT2D eigenvalue weighted by Gasteiger charge is -2.20. The minimum atomic E-state index is -0.679. The molecule has 0 aliphatic carbocycles. The van der Waals surface area contributed by atoms with E-state index in [0.29, 0.717) is 15.7 Å². The topological polar surface area (TPSA) is 55.1 Å². The van der Waals surface area contributed by atoms with E-state index in [1.807, 2.05) is 0 Å². The molecule has 84 valence electrons. The summed E-state index contributed by atoms with van der Waals surface area (Å²) in [5.74, 6) is 2.25. The molecule has 0 heterocycles. The van der Waals surface area contributed by atoms with Crippen molar-refractivity contribution in [3.63, 3.8) is 0 Å². The molecular weight excluding hydrogens is 268 g/mol. The molecule has 0 radical (unpaired) electrons. The average Bonchev–Trinajstić information content (AvgIpc) is 2.21. The maximum atomic E-state index is 11.9. The molecule has 1 amide bonds. The fourth-order valence-electron chi connectivity index (χ4n) is 1.11. The highest BCUT2D eigenvalue weighted by molar-refractivity contribution is 9.10. The highest BCUT2D eigenvalue weighted by Crippen LogP contribution is 2.23. The van der Waals surface area contributed by atoms with Gasteiger partial charge in [-0.2, -0.15) is 0 Å². The fourth-order valence-corrected chi connectivity index (χ4v) is 1.56. The second kappa shape index (κ2) is 4.58. The molecule has 0 fully saturated rings.